The van der Waals surface area contributed by atoms with Gasteiger partial charge in [-0.15, -0.1) is 0 Å². The van der Waals surface area contributed by atoms with Gasteiger partial charge in [-0.1, -0.05) is 37.3 Å². The number of carbonyl (C=O) groups excluding carboxylic acids is 1. The number of aliphatic hydroxyl groups excluding tert-OH is 1. The first-order valence-electron chi connectivity index (χ1n) is 8.01. The van der Waals surface area contributed by atoms with Gasteiger partial charge in [-0.3, -0.25) is 9.69 Å². The number of carbonyl (C=O) groups is 1. The average molecular weight is 306 g/mol. The van der Waals surface area contributed by atoms with E-state index in [2.05, 4.69) is 4.90 Å². The zero-order valence-corrected chi connectivity index (χ0v) is 13.3. The highest BCUT2D eigenvalue weighted by Gasteiger charge is 2.22. The van der Waals surface area contributed by atoms with Crippen molar-refractivity contribution in [3.63, 3.8) is 0 Å². The molecule has 1 heterocycles. The highest BCUT2D eigenvalue weighted by molar-refractivity contribution is 5.77. The van der Waals surface area contributed by atoms with Crippen LogP contribution in [-0.4, -0.2) is 66.8 Å². The van der Waals surface area contributed by atoms with E-state index in [0.717, 1.165) is 25.1 Å². The molecule has 0 aromatic heterocycles. The summed E-state index contributed by atoms with van der Waals surface area (Å²) >= 11 is 0. The first-order chi connectivity index (χ1) is 10.7. The van der Waals surface area contributed by atoms with E-state index in [1.54, 1.807) is 0 Å². The van der Waals surface area contributed by atoms with Gasteiger partial charge in [0.05, 0.1) is 6.10 Å². The van der Waals surface area contributed by atoms with E-state index < -0.39 is 6.10 Å². The first-order valence-corrected chi connectivity index (χ1v) is 8.01. The maximum atomic E-state index is 12.0. The fourth-order valence-corrected chi connectivity index (χ4v) is 2.60. The van der Waals surface area contributed by atoms with Gasteiger partial charge in [-0.05, 0) is 12.0 Å². The minimum atomic E-state index is -0.476. The summed E-state index contributed by atoms with van der Waals surface area (Å²) in [5.74, 6) is 0.0664. The van der Waals surface area contributed by atoms with Crippen molar-refractivity contribution in [1.29, 1.82) is 0 Å². The second-order valence-corrected chi connectivity index (χ2v) is 5.66. The number of amides is 1. The molecule has 0 spiro atoms. The Labute approximate surface area is 132 Å². The summed E-state index contributed by atoms with van der Waals surface area (Å²) in [4.78, 5) is 16.0. The molecule has 1 unspecified atom stereocenters. The maximum absolute atomic E-state index is 12.0. The monoisotopic (exact) mass is 306 g/mol. The van der Waals surface area contributed by atoms with E-state index in [0.29, 0.717) is 26.2 Å². The lowest BCUT2D eigenvalue weighted by molar-refractivity contribution is -0.138. The van der Waals surface area contributed by atoms with Crippen molar-refractivity contribution in [3.05, 3.63) is 35.9 Å². The van der Waals surface area contributed by atoms with Crippen molar-refractivity contribution < 1.29 is 14.6 Å². The summed E-state index contributed by atoms with van der Waals surface area (Å²) < 4.78 is 5.30. The van der Waals surface area contributed by atoms with Crippen LogP contribution in [0.15, 0.2) is 30.3 Å². The molecule has 5 heteroatoms. The third kappa shape index (κ3) is 5.09. The van der Waals surface area contributed by atoms with Gasteiger partial charge in [0.2, 0.25) is 5.91 Å². The van der Waals surface area contributed by atoms with Gasteiger partial charge in [0, 0.05) is 39.3 Å². The normalized spacial score (nSPS) is 17.5. The van der Waals surface area contributed by atoms with Crippen LogP contribution in [0.5, 0.6) is 0 Å². The number of piperazine rings is 1. The number of benzene rings is 1. The van der Waals surface area contributed by atoms with E-state index in [1.165, 1.54) is 0 Å². The van der Waals surface area contributed by atoms with Crippen LogP contribution in [0, 0.1) is 0 Å². The Morgan fingerprint density at radius 3 is 2.55 bits per heavy atom. The largest absolute Gasteiger partial charge is 0.387 e. The topological polar surface area (TPSA) is 53.0 Å². The molecule has 0 saturated carbocycles. The molecule has 1 N–H and O–H groups in total. The van der Waals surface area contributed by atoms with Gasteiger partial charge in [-0.2, -0.15) is 0 Å². The Balaban J connectivity index is 1.72. The molecular weight excluding hydrogens is 280 g/mol. The summed E-state index contributed by atoms with van der Waals surface area (Å²) in [6.07, 6.45) is 0.453. The zero-order valence-electron chi connectivity index (χ0n) is 13.3. The molecule has 1 aliphatic heterocycles. The second-order valence-electron chi connectivity index (χ2n) is 5.66. The van der Waals surface area contributed by atoms with Crippen molar-refractivity contribution in [2.24, 2.45) is 0 Å². The maximum Gasteiger partial charge on any atom is 0.248 e. The molecule has 1 aromatic carbocycles. The van der Waals surface area contributed by atoms with Crippen LogP contribution in [0.25, 0.3) is 0 Å². The van der Waals surface area contributed by atoms with Gasteiger partial charge in [0.25, 0.3) is 0 Å². The summed E-state index contributed by atoms with van der Waals surface area (Å²) in [5, 5.41) is 10.2. The fourth-order valence-electron chi connectivity index (χ4n) is 2.60. The van der Waals surface area contributed by atoms with Crippen LogP contribution in [0.3, 0.4) is 0 Å². The van der Waals surface area contributed by atoms with E-state index in [-0.39, 0.29) is 12.5 Å². The number of aliphatic hydroxyl groups is 1. The van der Waals surface area contributed by atoms with E-state index >= 15 is 0 Å². The highest BCUT2D eigenvalue weighted by atomic mass is 16.5. The van der Waals surface area contributed by atoms with Gasteiger partial charge in [0.15, 0.2) is 0 Å². The third-order valence-corrected chi connectivity index (χ3v) is 3.91. The molecule has 1 fully saturated rings. The standard InChI is InChI=1S/C17H26N2O3/c1-2-12-22-14-17(21)19-10-8-18(9-11-19)13-16(20)15-6-4-3-5-7-15/h3-7,16,20H,2,8-14H2,1H3. The van der Waals surface area contributed by atoms with E-state index in [4.69, 9.17) is 4.74 Å². The lowest BCUT2D eigenvalue weighted by atomic mass is 10.1. The lowest BCUT2D eigenvalue weighted by Gasteiger charge is -2.35. The summed E-state index contributed by atoms with van der Waals surface area (Å²) in [7, 11) is 0. The molecule has 1 saturated heterocycles. The van der Waals surface area contributed by atoms with E-state index in [1.807, 2.05) is 42.2 Å². The molecular formula is C17H26N2O3. The minimum absolute atomic E-state index is 0.0664. The lowest BCUT2D eigenvalue weighted by Crippen LogP contribution is -2.50. The number of β-amino-alcohol motifs (C(OH)–C–C–N with tert-alkyl or cyclic N) is 1. The zero-order chi connectivity index (χ0) is 15.8. The average Bonchev–Trinajstić information content (AvgIpc) is 2.56. The molecule has 0 aliphatic carbocycles. The quantitative estimate of drug-likeness (QED) is 0.771. The Bertz CT molecular complexity index is 444. The van der Waals surface area contributed by atoms with Crippen LogP contribution in [0.2, 0.25) is 0 Å². The highest BCUT2D eigenvalue weighted by Crippen LogP contribution is 2.15. The molecule has 2 rings (SSSR count). The third-order valence-electron chi connectivity index (χ3n) is 3.91. The molecule has 22 heavy (non-hydrogen) atoms. The number of hydrogen-bond donors (Lipinski definition) is 1. The predicted molar refractivity (Wildman–Crippen MR) is 85.5 cm³/mol. The molecule has 1 aromatic rings. The van der Waals surface area contributed by atoms with Crippen molar-refractivity contribution in [2.75, 3.05) is 45.9 Å². The molecule has 122 valence electrons. The number of rotatable bonds is 7. The summed E-state index contributed by atoms with van der Waals surface area (Å²) in [6, 6.07) is 9.70. The Kier molecular flexibility index (Phi) is 6.83. The Morgan fingerprint density at radius 1 is 1.23 bits per heavy atom. The van der Waals surface area contributed by atoms with Crippen molar-refractivity contribution in [2.45, 2.75) is 19.4 Å². The van der Waals surface area contributed by atoms with Crippen LogP contribution in [-0.2, 0) is 9.53 Å². The second kappa shape index (κ2) is 8.88. The van der Waals surface area contributed by atoms with Crippen LogP contribution in [0.4, 0.5) is 0 Å². The minimum Gasteiger partial charge on any atom is -0.387 e. The van der Waals surface area contributed by atoms with Crippen LogP contribution < -0.4 is 0 Å². The van der Waals surface area contributed by atoms with Crippen molar-refractivity contribution >= 4 is 5.91 Å². The Hall–Kier alpha value is -1.43. The molecule has 5 nitrogen and oxygen atoms in total. The van der Waals surface area contributed by atoms with Gasteiger partial charge in [0.1, 0.15) is 6.61 Å². The van der Waals surface area contributed by atoms with E-state index in [9.17, 15) is 9.90 Å². The fraction of sp³-hybridized carbons (Fsp3) is 0.588. The number of nitrogens with zero attached hydrogens (tertiary/aromatic N) is 2. The van der Waals surface area contributed by atoms with Crippen LogP contribution >= 0.6 is 0 Å². The van der Waals surface area contributed by atoms with Crippen molar-refractivity contribution in [1.82, 2.24) is 9.80 Å². The van der Waals surface area contributed by atoms with Gasteiger partial charge >= 0.3 is 0 Å². The predicted octanol–water partition coefficient (Wildman–Crippen LogP) is 1.29. The summed E-state index contributed by atoms with van der Waals surface area (Å²) in [5.41, 5.74) is 0.939. The molecule has 1 atom stereocenters. The molecule has 0 bridgehead atoms. The smallest absolute Gasteiger partial charge is 0.248 e. The van der Waals surface area contributed by atoms with Crippen molar-refractivity contribution in [3.8, 4) is 0 Å². The SMILES string of the molecule is CCCOCC(=O)N1CCN(CC(O)c2ccccc2)CC1. The van der Waals surface area contributed by atoms with Crippen LogP contribution in [0.1, 0.15) is 25.0 Å². The van der Waals surface area contributed by atoms with Gasteiger partial charge in [-0.25, -0.2) is 0 Å². The molecule has 0 radical (unpaired) electrons. The first kappa shape index (κ1) is 16.9. The number of hydrogen-bond acceptors (Lipinski definition) is 4. The Morgan fingerprint density at radius 2 is 1.91 bits per heavy atom. The number of ether oxygens (including phenoxy) is 1. The summed E-state index contributed by atoms with van der Waals surface area (Å²) in [6.45, 7) is 6.45. The molecule has 1 aliphatic rings. The van der Waals surface area contributed by atoms with Gasteiger partial charge < -0.3 is 14.7 Å². The molecule has 1 amide bonds.